The number of amides is 4. The van der Waals surface area contributed by atoms with Crippen LogP contribution in [0.15, 0.2) is 5.38 Å². The number of anilines is 1. The predicted octanol–water partition coefficient (Wildman–Crippen LogP) is -0.190. The topological polar surface area (TPSA) is 118 Å². The van der Waals surface area contributed by atoms with E-state index in [0.29, 0.717) is 6.54 Å². The number of hydrogen-bond acceptors (Lipinski definition) is 7. The summed E-state index contributed by atoms with van der Waals surface area (Å²) < 4.78 is 4.79. The van der Waals surface area contributed by atoms with Crippen LogP contribution in [0.5, 0.6) is 0 Å². The number of urea groups is 1. The van der Waals surface area contributed by atoms with E-state index in [1.807, 2.05) is 0 Å². The molecule has 2 N–H and O–H groups in total. The van der Waals surface area contributed by atoms with E-state index in [1.165, 1.54) is 12.3 Å². The molecule has 1 aromatic heterocycles. The quantitative estimate of drug-likeness (QED) is 0.744. The minimum atomic E-state index is -0.796. The molecule has 1 aromatic rings. The predicted molar refractivity (Wildman–Crippen MR) is 71.8 cm³/mol. The Labute approximate surface area is 123 Å². The maximum absolute atomic E-state index is 11.7. The highest BCUT2D eigenvalue weighted by atomic mass is 32.1. The van der Waals surface area contributed by atoms with Crippen LogP contribution in [0.4, 0.5) is 9.93 Å². The normalized spacial score (nSPS) is 13.8. The van der Waals surface area contributed by atoms with E-state index in [-0.39, 0.29) is 23.3 Å². The second-order valence-corrected chi connectivity index (χ2v) is 4.93. The molecular weight excluding hydrogens is 300 g/mol. The zero-order chi connectivity index (χ0) is 15.4. The Morgan fingerprint density at radius 3 is 2.90 bits per heavy atom. The van der Waals surface area contributed by atoms with Gasteiger partial charge in [0.25, 0.3) is 5.91 Å². The highest BCUT2D eigenvalue weighted by molar-refractivity contribution is 7.14. The smallest absolute Gasteiger partial charge is 0.358 e. The fourth-order valence-corrected chi connectivity index (χ4v) is 2.29. The molecule has 0 aliphatic carbocycles. The third-order valence-electron chi connectivity index (χ3n) is 2.48. The maximum atomic E-state index is 11.7. The largest absolute Gasteiger partial charge is 0.451 e. The molecule has 9 nitrogen and oxygen atoms in total. The Morgan fingerprint density at radius 1 is 1.52 bits per heavy atom. The Kier molecular flexibility index (Phi) is 4.48. The SMILES string of the molecule is CC(=O)Nc1nc(C(=O)OCC(=O)N2CCNC2=O)cs1. The molecule has 10 heteroatoms. The lowest BCUT2D eigenvalue weighted by molar-refractivity contribution is -0.130. The number of carbonyl (C=O) groups is 4. The highest BCUT2D eigenvalue weighted by Gasteiger charge is 2.27. The third-order valence-corrected chi connectivity index (χ3v) is 3.24. The average Bonchev–Trinajstić information content (AvgIpc) is 3.04. The molecule has 2 rings (SSSR count). The van der Waals surface area contributed by atoms with Crippen LogP contribution in [0, 0.1) is 0 Å². The molecule has 0 radical (unpaired) electrons. The van der Waals surface area contributed by atoms with Crippen LogP contribution in [-0.2, 0) is 14.3 Å². The van der Waals surface area contributed by atoms with Gasteiger partial charge in [0, 0.05) is 25.4 Å². The summed E-state index contributed by atoms with van der Waals surface area (Å²) >= 11 is 1.06. The standard InChI is InChI=1S/C11H12N4O5S/c1-6(16)13-10-14-7(5-21-10)9(18)20-4-8(17)15-3-2-12-11(15)19/h5H,2-4H2,1H3,(H,12,19)(H,13,14,16). The Bertz CT molecular complexity index is 599. The zero-order valence-corrected chi connectivity index (χ0v) is 11.9. The van der Waals surface area contributed by atoms with Crippen LogP contribution in [0.1, 0.15) is 17.4 Å². The summed E-state index contributed by atoms with van der Waals surface area (Å²) in [5.41, 5.74) is -0.0116. The van der Waals surface area contributed by atoms with Crippen LogP contribution in [0.2, 0.25) is 0 Å². The number of nitrogens with zero attached hydrogens (tertiary/aromatic N) is 2. The molecule has 1 aliphatic heterocycles. The monoisotopic (exact) mass is 312 g/mol. The third kappa shape index (κ3) is 3.75. The van der Waals surface area contributed by atoms with Crippen molar-refractivity contribution in [2.75, 3.05) is 25.0 Å². The fraction of sp³-hybridized carbons (Fsp3) is 0.364. The highest BCUT2D eigenvalue weighted by Crippen LogP contribution is 2.16. The van der Waals surface area contributed by atoms with E-state index in [4.69, 9.17) is 4.74 Å². The van der Waals surface area contributed by atoms with Crippen LogP contribution < -0.4 is 10.6 Å². The number of imide groups is 1. The molecule has 2 heterocycles. The van der Waals surface area contributed by atoms with Crippen molar-refractivity contribution in [3.63, 3.8) is 0 Å². The molecule has 1 aliphatic rings. The van der Waals surface area contributed by atoms with Crippen LogP contribution in [0.25, 0.3) is 0 Å². The van der Waals surface area contributed by atoms with E-state index in [0.717, 1.165) is 16.2 Å². The van der Waals surface area contributed by atoms with Crippen LogP contribution >= 0.6 is 11.3 Å². The van der Waals surface area contributed by atoms with Crippen molar-refractivity contribution in [2.24, 2.45) is 0 Å². The van der Waals surface area contributed by atoms with Gasteiger partial charge >= 0.3 is 12.0 Å². The van der Waals surface area contributed by atoms with E-state index in [9.17, 15) is 19.2 Å². The minimum Gasteiger partial charge on any atom is -0.451 e. The summed E-state index contributed by atoms with van der Waals surface area (Å²) in [6.07, 6.45) is 0. The molecule has 21 heavy (non-hydrogen) atoms. The molecule has 0 spiro atoms. The second kappa shape index (κ2) is 6.31. The first-order valence-corrected chi connectivity index (χ1v) is 6.84. The average molecular weight is 312 g/mol. The molecule has 1 saturated heterocycles. The summed E-state index contributed by atoms with van der Waals surface area (Å²) in [7, 11) is 0. The van der Waals surface area contributed by atoms with E-state index in [2.05, 4.69) is 15.6 Å². The lowest BCUT2D eigenvalue weighted by atomic mass is 10.5. The van der Waals surface area contributed by atoms with E-state index < -0.39 is 24.5 Å². The van der Waals surface area contributed by atoms with Crippen molar-refractivity contribution in [3.05, 3.63) is 11.1 Å². The summed E-state index contributed by atoms with van der Waals surface area (Å²) in [5.74, 6) is -1.70. The molecule has 4 amide bonds. The van der Waals surface area contributed by atoms with Gasteiger partial charge in [-0.3, -0.25) is 14.5 Å². The van der Waals surface area contributed by atoms with Gasteiger partial charge in [-0.1, -0.05) is 0 Å². The van der Waals surface area contributed by atoms with Gasteiger partial charge in [-0.15, -0.1) is 11.3 Å². The molecule has 0 bridgehead atoms. The number of carbonyl (C=O) groups excluding carboxylic acids is 4. The maximum Gasteiger partial charge on any atom is 0.358 e. The summed E-state index contributed by atoms with van der Waals surface area (Å²) in [6.45, 7) is 1.40. The van der Waals surface area contributed by atoms with Gasteiger partial charge in [0.05, 0.1) is 0 Å². The molecular formula is C11H12N4O5S. The van der Waals surface area contributed by atoms with Gasteiger partial charge in [-0.25, -0.2) is 14.6 Å². The molecule has 0 saturated carbocycles. The van der Waals surface area contributed by atoms with Crippen LogP contribution in [0.3, 0.4) is 0 Å². The van der Waals surface area contributed by atoms with Crippen molar-refractivity contribution in [2.45, 2.75) is 6.92 Å². The van der Waals surface area contributed by atoms with Gasteiger partial charge < -0.3 is 15.4 Å². The molecule has 0 atom stereocenters. The lowest BCUT2D eigenvalue weighted by Crippen LogP contribution is -2.37. The first-order chi connectivity index (χ1) is 9.97. The number of thiazole rings is 1. The Hall–Kier alpha value is -2.49. The molecule has 1 fully saturated rings. The molecule has 0 unspecified atom stereocenters. The number of aromatic nitrogens is 1. The van der Waals surface area contributed by atoms with Gasteiger partial charge in [0.15, 0.2) is 17.4 Å². The Morgan fingerprint density at radius 2 is 2.29 bits per heavy atom. The summed E-state index contributed by atoms with van der Waals surface area (Å²) in [4.78, 5) is 50.2. The Balaban J connectivity index is 1.86. The first-order valence-electron chi connectivity index (χ1n) is 5.96. The second-order valence-electron chi connectivity index (χ2n) is 4.07. The molecule has 112 valence electrons. The summed E-state index contributed by atoms with van der Waals surface area (Å²) in [5, 5.41) is 6.56. The van der Waals surface area contributed by atoms with E-state index >= 15 is 0 Å². The fourth-order valence-electron chi connectivity index (χ4n) is 1.56. The van der Waals surface area contributed by atoms with E-state index in [1.54, 1.807) is 0 Å². The van der Waals surface area contributed by atoms with Crippen molar-refractivity contribution >= 4 is 40.3 Å². The number of nitrogens with one attached hydrogen (secondary N) is 2. The zero-order valence-electron chi connectivity index (χ0n) is 11.0. The van der Waals surface area contributed by atoms with Crippen LogP contribution in [-0.4, -0.2) is 53.4 Å². The first kappa shape index (κ1) is 14.9. The lowest BCUT2D eigenvalue weighted by Gasteiger charge is -2.11. The number of esters is 1. The van der Waals surface area contributed by atoms with Gasteiger partial charge in [0.1, 0.15) is 0 Å². The van der Waals surface area contributed by atoms with Crippen molar-refractivity contribution in [3.8, 4) is 0 Å². The number of rotatable bonds is 4. The van der Waals surface area contributed by atoms with Gasteiger partial charge in [-0.2, -0.15) is 0 Å². The van der Waals surface area contributed by atoms with Crippen molar-refractivity contribution in [1.82, 2.24) is 15.2 Å². The summed E-state index contributed by atoms with van der Waals surface area (Å²) in [6, 6.07) is -0.502. The van der Waals surface area contributed by atoms with Crippen molar-refractivity contribution < 1.29 is 23.9 Å². The number of ether oxygens (including phenoxy) is 1. The number of hydrogen-bond donors (Lipinski definition) is 2. The molecule has 0 aromatic carbocycles. The van der Waals surface area contributed by atoms with Gasteiger partial charge in [0.2, 0.25) is 5.91 Å². The van der Waals surface area contributed by atoms with Crippen molar-refractivity contribution in [1.29, 1.82) is 0 Å². The minimum absolute atomic E-state index is 0.0116. The van der Waals surface area contributed by atoms with Gasteiger partial charge in [-0.05, 0) is 0 Å².